The van der Waals surface area contributed by atoms with E-state index in [-0.39, 0.29) is 17.7 Å². The third kappa shape index (κ3) is 4.11. The van der Waals surface area contributed by atoms with Crippen LogP contribution in [0.4, 0.5) is 14.9 Å². The van der Waals surface area contributed by atoms with E-state index >= 15 is 0 Å². The van der Waals surface area contributed by atoms with Crippen LogP contribution in [0.2, 0.25) is 0 Å². The van der Waals surface area contributed by atoms with Crippen molar-refractivity contribution in [2.75, 3.05) is 11.4 Å². The number of ether oxygens (including phenoxy) is 1. The summed E-state index contributed by atoms with van der Waals surface area (Å²) >= 11 is 0. The van der Waals surface area contributed by atoms with Crippen molar-refractivity contribution in [3.63, 3.8) is 0 Å². The summed E-state index contributed by atoms with van der Waals surface area (Å²) in [6, 6.07) is 7.26. The molecule has 30 heavy (non-hydrogen) atoms. The lowest BCUT2D eigenvalue weighted by molar-refractivity contribution is 0.113. The molecule has 1 spiro atoms. The van der Waals surface area contributed by atoms with Crippen molar-refractivity contribution in [3.05, 3.63) is 47.9 Å². The molecular weight excluding hydrogens is 383 g/mol. The molecule has 2 amide bonds. The topological polar surface area (TPSA) is 58.6 Å². The first kappa shape index (κ1) is 20.6. The molecule has 0 unspecified atom stereocenters. The summed E-state index contributed by atoms with van der Waals surface area (Å²) in [7, 11) is 0. The lowest BCUT2D eigenvalue weighted by Crippen LogP contribution is -2.48. The maximum absolute atomic E-state index is 13.5. The Kier molecular flexibility index (Phi) is 5.88. The minimum Gasteiger partial charge on any atom is -0.475 e. The molecule has 1 aliphatic carbocycles. The van der Waals surface area contributed by atoms with Gasteiger partial charge in [-0.1, -0.05) is 25.3 Å². The first-order chi connectivity index (χ1) is 14.5. The molecule has 7 heteroatoms. The van der Waals surface area contributed by atoms with E-state index in [1.54, 1.807) is 29.4 Å². The van der Waals surface area contributed by atoms with Crippen LogP contribution in [0, 0.1) is 0 Å². The number of rotatable bonds is 6. The SMILES string of the molecule is CC(C)Oc1ccc(CN2C(=O)N(c3ccc(CF)nc3)CC23CCCCC3)cn1. The summed E-state index contributed by atoms with van der Waals surface area (Å²) in [4.78, 5) is 25.8. The van der Waals surface area contributed by atoms with Crippen molar-refractivity contribution in [2.45, 2.75) is 70.8 Å². The van der Waals surface area contributed by atoms with Crippen LogP contribution < -0.4 is 9.64 Å². The van der Waals surface area contributed by atoms with Crippen molar-refractivity contribution < 1.29 is 13.9 Å². The first-order valence-corrected chi connectivity index (χ1v) is 10.7. The standard InChI is InChI=1S/C23H29FN4O2/c1-17(2)30-21-9-6-18(13-26-21)15-28-22(29)27(16-23(28)10-4-3-5-11-23)20-8-7-19(12-24)25-14-20/h6-9,13-14,17H,3-5,10-12,15-16H2,1-2H3. The molecule has 0 radical (unpaired) electrons. The molecular formula is C23H29FN4O2. The Balaban J connectivity index is 1.58. The van der Waals surface area contributed by atoms with Crippen LogP contribution in [0.25, 0.3) is 0 Å². The van der Waals surface area contributed by atoms with Crippen molar-refractivity contribution in [1.82, 2.24) is 14.9 Å². The number of amides is 2. The van der Waals surface area contributed by atoms with E-state index in [4.69, 9.17) is 4.74 Å². The summed E-state index contributed by atoms with van der Waals surface area (Å²) < 4.78 is 18.5. The third-order valence-electron chi connectivity index (χ3n) is 6.02. The summed E-state index contributed by atoms with van der Waals surface area (Å²) in [5.41, 5.74) is 1.91. The normalized spacial score (nSPS) is 18.5. The highest BCUT2D eigenvalue weighted by Crippen LogP contribution is 2.41. The second kappa shape index (κ2) is 8.58. The van der Waals surface area contributed by atoms with Crippen LogP contribution in [-0.4, -0.2) is 39.1 Å². The highest BCUT2D eigenvalue weighted by atomic mass is 19.1. The van der Waals surface area contributed by atoms with E-state index in [2.05, 4.69) is 9.97 Å². The molecule has 2 aromatic heterocycles. The predicted octanol–water partition coefficient (Wildman–Crippen LogP) is 4.88. The number of carbonyl (C=O) groups is 1. The third-order valence-corrected chi connectivity index (χ3v) is 6.02. The smallest absolute Gasteiger partial charge is 0.325 e. The van der Waals surface area contributed by atoms with Gasteiger partial charge in [0.05, 0.1) is 35.8 Å². The molecule has 4 rings (SSSR count). The highest BCUT2D eigenvalue weighted by molar-refractivity contribution is 5.95. The van der Waals surface area contributed by atoms with Crippen molar-refractivity contribution >= 4 is 11.7 Å². The maximum Gasteiger partial charge on any atom is 0.325 e. The van der Waals surface area contributed by atoms with E-state index in [9.17, 15) is 9.18 Å². The number of hydrogen-bond donors (Lipinski definition) is 0. The highest BCUT2D eigenvalue weighted by Gasteiger charge is 2.50. The number of aromatic nitrogens is 2. The van der Waals surface area contributed by atoms with E-state index in [1.165, 1.54) is 6.42 Å². The molecule has 0 N–H and O–H groups in total. The molecule has 1 saturated carbocycles. The Bertz CT molecular complexity index is 864. The molecule has 2 fully saturated rings. The zero-order chi connectivity index (χ0) is 21.1. The molecule has 3 heterocycles. The number of hydrogen-bond acceptors (Lipinski definition) is 4. The van der Waals surface area contributed by atoms with Gasteiger partial charge in [0, 0.05) is 18.8 Å². The van der Waals surface area contributed by atoms with Gasteiger partial charge in [-0.2, -0.15) is 0 Å². The average molecular weight is 413 g/mol. The van der Waals surface area contributed by atoms with Gasteiger partial charge < -0.3 is 9.64 Å². The molecule has 0 bridgehead atoms. The average Bonchev–Trinajstić information content (AvgIpc) is 3.01. The monoisotopic (exact) mass is 412 g/mol. The van der Waals surface area contributed by atoms with Gasteiger partial charge in [-0.25, -0.2) is 14.2 Å². The van der Waals surface area contributed by atoms with Gasteiger partial charge in [0.2, 0.25) is 5.88 Å². The van der Waals surface area contributed by atoms with Crippen LogP contribution in [0.15, 0.2) is 36.7 Å². The second-order valence-corrected chi connectivity index (χ2v) is 8.55. The van der Waals surface area contributed by atoms with Gasteiger partial charge in [0.25, 0.3) is 0 Å². The lowest BCUT2D eigenvalue weighted by atomic mass is 9.81. The quantitative estimate of drug-likeness (QED) is 0.679. The minimum absolute atomic E-state index is 0.0193. The van der Waals surface area contributed by atoms with Gasteiger partial charge in [-0.3, -0.25) is 9.88 Å². The van der Waals surface area contributed by atoms with Crippen molar-refractivity contribution in [1.29, 1.82) is 0 Å². The fourth-order valence-electron chi connectivity index (χ4n) is 4.52. The molecule has 2 aliphatic rings. The van der Waals surface area contributed by atoms with E-state index in [0.717, 1.165) is 36.9 Å². The number of halogens is 1. The van der Waals surface area contributed by atoms with E-state index < -0.39 is 6.67 Å². The molecule has 1 saturated heterocycles. The van der Waals surface area contributed by atoms with Gasteiger partial charge in [-0.15, -0.1) is 0 Å². The number of nitrogens with zero attached hydrogens (tertiary/aromatic N) is 4. The molecule has 2 aromatic rings. The summed E-state index contributed by atoms with van der Waals surface area (Å²) in [5.74, 6) is 0.592. The van der Waals surface area contributed by atoms with Gasteiger partial charge in [-0.05, 0) is 44.4 Å². The zero-order valence-corrected chi connectivity index (χ0v) is 17.7. The summed E-state index contributed by atoms with van der Waals surface area (Å²) in [6.45, 7) is 4.49. The Morgan fingerprint density at radius 1 is 1.10 bits per heavy atom. The minimum atomic E-state index is -0.603. The first-order valence-electron chi connectivity index (χ1n) is 10.7. The summed E-state index contributed by atoms with van der Waals surface area (Å²) in [6.07, 6.45) is 8.90. The van der Waals surface area contributed by atoms with Crippen molar-refractivity contribution in [3.8, 4) is 5.88 Å². The molecule has 6 nitrogen and oxygen atoms in total. The van der Waals surface area contributed by atoms with Crippen LogP contribution in [0.1, 0.15) is 57.2 Å². The fourth-order valence-corrected chi connectivity index (χ4v) is 4.52. The number of anilines is 1. The Morgan fingerprint density at radius 2 is 1.90 bits per heavy atom. The van der Waals surface area contributed by atoms with E-state index in [0.29, 0.717) is 24.7 Å². The number of alkyl halides is 1. The van der Waals surface area contributed by atoms with Crippen LogP contribution in [0.3, 0.4) is 0 Å². The predicted molar refractivity (Wildman–Crippen MR) is 113 cm³/mol. The van der Waals surface area contributed by atoms with Crippen LogP contribution in [0.5, 0.6) is 5.88 Å². The zero-order valence-electron chi connectivity index (χ0n) is 17.7. The lowest BCUT2D eigenvalue weighted by Gasteiger charge is -2.40. The maximum atomic E-state index is 13.5. The second-order valence-electron chi connectivity index (χ2n) is 8.55. The number of pyridine rings is 2. The van der Waals surface area contributed by atoms with Crippen molar-refractivity contribution in [2.24, 2.45) is 0 Å². The van der Waals surface area contributed by atoms with Crippen LogP contribution >= 0.6 is 0 Å². The molecule has 0 atom stereocenters. The Morgan fingerprint density at radius 3 is 2.50 bits per heavy atom. The Labute approximate surface area is 177 Å². The van der Waals surface area contributed by atoms with E-state index in [1.807, 2.05) is 30.9 Å². The summed E-state index contributed by atoms with van der Waals surface area (Å²) in [5, 5.41) is 0. The Hall–Kier alpha value is -2.70. The number of urea groups is 1. The largest absolute Gasteiger partial charge is 0.475 e. The fraction of sp³-hybridized carbons (Fsp3) is 0.522. The van der Waals surface area contributed by atoms with Gasteiger partial charge in [0.1, 0.15) is 6.67 Å². The van der Waals surface area contributed by atoms with Gasteiger partial charge >= 0.3 is 6.03 Å². The molecule has 0 aromatic carbocycles. The van der Waals surface area contributed by atoms with Crippen LogP contribution in [-0.2, 0) is 13.2 Å². The molecule has 160 valence electrons. The molecule has 1 aliphatic heterocycles. The van der Waals surface area contributed by atoms with Gasteiger partial charge in [0.15, 0.2) is 0 Å². The number of carbonyl (C=O) groups excluding carboxylic acids is 1.